The first-order valence-corrected chi connectivity index (χ1v) is 6.30. The maximum Gasteiger partial charge on any atom is 0.124 e. The van der Waals surface area contributed by atoms with Gasteiger partial charge >= 0.3 is 0 Å². The van der Waals surface area contributed by atoms with Crippen LogP contribution in [0.1, 0.15) is 25.8 Å². The predicted octanol–water partition coefficient (Wildman–Crippen LogP) is 2.22. The number of para-hydroxylation sites is 1. The molecule has 100 valence electrons. The Hall–Kier alpha value is -1.55. The van der Waals surface area contributed by atoms with E-state index in [1.165, 1.54) is 0 Å². The predicted molar refractivity (Wildman–Crippen MR) is 76.4 cm³/mol. The van der Waals surface area contributed by atoms with Crippen molar-refractivity contribution in [3.05, 3.63) is 29.8 Å². The van der Waals surface area contributed by atoms with Gasteiger partial charge in [-0.2, -0.15) is 0 Å². The van der Waals surface area contributed by atoms with Gasteiger partial charge in [0.05, 0.1) is 6.61 Å². The van der Waals surface area contributed by atoms with Crippen molar-refractivity contribution in [1.29, 1.82) is 5.41 Å². The molecule has 0 saturated heterocycles. The van der Waals surface area contributed by atoms with Crippen molar-refractivity contribution in [2.75, 3.05) is 25.2 Å². The number of nitrogen functional groups attached to an aromatic ring is 1. The van der Waals surface area contributed by atoms with Gasteiger partial charge in [0.1, 0.15) is 5.84 Å². The van der Waals surface area contributed by atoms with Gasteiger partial charge in [-0.25, -0.2) is 0 Å². The fourth-order valence-corrected chi connectivity index (χ4v) is 1.94. The van der Waals surface area contributed by atoms with Crippen LogP contribution >= 0.6 is 0 Å². The summed E-state index contributed by atoms with van der Waals surface area (Å²) in [5, 5.41) is 7.66. The highest BCUT2D eigenvalue weighted by molar-refractivity contribution is 6.00. The van der Waals surface area contributed by atoms with Crippen LogP contribution < -0.4 is 10.6 Å². The van der Waals surface area contributed by atoms with Crippen LogP contribution in [0.25, 0.3) is 0 Å². The van der Waals surface area contributed by atoms with E-state index in [0.717, 1.165) is 24.2 Å². The average Bonchev–Trinajstić information content (AvgIpc) is 2.39. The molecule has 1 aromatic carbocycles. The number of nitrogens with zero attached hydrogens (tertiary/aromatic N) is 1. The highest BCUT2D eigenvalue weighted by Gasteiger charge is 2.16. The van der Waals surface area contributed by atoms with Gasteiger partial charge in [-0.1, -0.05) is 19.1 Å². The smallest absolute Gasteiger partial charge is 0.124 e. The number of rotatable bonds is 7. The van der Waals surface area contributed by atoms with Crippen LogP contribution in [0, 0.1) is 5.41 Å². The number of anilines is 1. The van der Waals surface area contributed by atoms with Crippen molar-refractivity contribution in [1.82, 2.24) is 0 Å². The summed E-state index contributed by atoms with van der Waals surface area (Å²) in [5.41, 5.74) is 7.44. The minimum atomic E-state index is 0.108. The van der Waals surface area contributed by atoms with E-state index >= 15 is 0 Å². The fourth-order valence-electron chi connectivity index (χ4n) is 1.94. The van der Waals surface area contributed by atoms with E-state index in [0.29, 0.717) is 12.6 Å². The number of amidine groups is 1. The Morgan fingerprint density at radius 3 is 2.67 bits per heavy atom. The molecule has 0 aromatic heterocycles. The molecule has 0 aliphatic carbocycles. The van der Waals surface area contributed by atoms with Crippen LogP contribution in [0.2, 0.25) is 0 Å². The van der Waals surface area contributed by atoms with Crippen molar-refractivity contribution in [2.45, 2.75) is 26.3 Å². The van der Waals surface area contributed by atoms with Gasteiger partial charge < -0.3 is 15.4 Å². The number of methoxy groups -OCH3 is 1. The van der Waals surface area contributed by atoms with Gasteiger partial charge in [0.15, 0.2) is 0 Å². The molecule has 0 aliphatic heterocycles. The Bertz CT molecular complexity index is 392. The maximum atomic E-state index is 7.66. The number of ether oxygens (including phenoxy) is 1. The minimum absolute atomic E-state index is 0.108. The largest absolute Gasteiger partial charge is 0.384 e. The Morgan fingerprint density at radius 1 is 1.44 bits per heavy atom. The van der Waals surface area contributed by atoms with Crippen LogP contribution in [-0.4, -0.2) is 32.1 Å². The second-order valence-corrected chi connectivity index (χ2v) is 4.37. The third kappa shape index (κ3) is 3.47. The molecular formula is C14H23N3O. The Morgan fingerprint density at radius 2 is 2.11 bits per heavy atom. The monoisotopic (exact) mass is 249 g/mol. The zero-order valence-electron chi connectivity index (χ0n) is 11.4. The lowest BCUT2D eigenvalue weighted by Crippen LogP contribution is -2.37. The molecule has 4 nitrogen and oxygen atoms in total. The van der Waals surface area contributed by atoms with Gasteiger partial charge in [-0.05, 0) is 25.5 Å². The Labute approximate surface area is 109 Å². The summed E-state index contributed by atoms with van der Waals surface area (Å²) in [7, 11) is 1.70. The van der Waals surface area contributed by atoms with Gasteiger partial charge in [0, 0.05) is 30.9 Å². The molecule has 0 heterocycles. The van der Waals surface area contributed by atoms with Crippen LogP contribution in [-0.2, 0) is 4.74 Å². The summed E-state index contributed by atoms with van der Waals surface area (Å²) < 4.78 is 5.16. The first kappa shape index (κ1) is 14.5. The standard InChI is InChI=1S/C14H23N3O/c1-4-11(2)17(9-10-18-3)13-8-6-5-7-12(13)14(15)16/h5-8,11H,4,9-10H2,1-3H3,(H3,15,16). The molecule has 0 fully saturated rings. The normalized spacial score (nSPS) is 12.2. The van der Waals surface area contributed by atoms with Crippen molar-refractivity contribution >= 4 is 11.5 Å². The maximum absolute atomic E-state index is 7.66. The topological polar surface area (TPSA) is 62.3 Å². The van der Waals surface area contributed by atoms with Crippen molar-refractivity contribution < 1.29 is 4.74 Å². The van der Waals surface area contributed by atoms with Crippen molar-refractivity contribution in [3.63, 3.8) is 0 Å². The summed E-state index contributed by atoms with van der Waals surface area (Å²) in [4.78, 5) is 2.25. The second-order valence-electron chi connectivity index (χ2n) is 4.37. The lowest BCUT2D eigenvalue weighted by molar-refractivity contribution is 0.203. The molecule has 0 saturated carbocycles. The van der Waals surface area contributed by atoms with Gasteiger partial charge in [-0.15, -0.1) is 0 Å². The number of nitrogens with one attached hydrogen (secondary N) is 1. The van der Waals surface area contributed by atoms with Crippen molar-refractivity contribution in [2.24, 2.45) is 5.73 Å². The van der Waals surface area contributed by atoms with E-state index in [1.54, 1.807) is 7.11 Å². The number of benzene rings is 1. The average molecular weight is 249 g/mol. The molecule has 0 radical (unpaired) electrons. The number of nitrogens with two attached hydrogens (primary N) is 1. The summed E-state index contributed by atoms with van der Waals surface area (Å²) >= 11 is 0. The molecule has 18 heavy (non-hydrogen) atoms. The van der Waals surface area contributed by atoms with E-state index in [2.05, 4.69) is 18.7 Å². The summed E-state index contributed by atoms with van der Waals surface area (Å²) in [5.74, 6) is 0.108. The summed E-state index contributed by atoms with van der Waals surface area (Å²) in [6.07, 6.45) is 1.04. The SMILES string of the molecule is CCC(C)N(CCOC)c1ccccc1C(=N)N. The van der Waals surface area contributed by atoms with E-state index in [-0.39, 0.29) is 5.84 Å². The molecule has 4 heteroatoms. The lowest BCUT2D eigenvalue weighted by atomic mass is 10.1. The molecule has 0 aliphatic rings. The van der Waals surface area contributed by atoms with Gasteiger partial charge in [-0.3, -0.25) is 5.41 Å². The number of hydrogen-bond acceptors (Lipinski definition) is 3. The zero-order valence-corrected chi connectivity index (χ0v) is 11.4. The van der Waals surface area contributed by atoms with Gasteiger partial charge in [0.2, 0.25) is 0 Å². The molecule has 1 unspecified atom stereocenters. The van der Waals surface area contributed by atoms with E-state index in [4.69, 9.17) is 15.9 Å². The summed E-state index contributed by atoms with van der Waals surface area (Å²) in [6, 6.07) is 8.17. The summed E-state index contributed by atoms with van der Waals surface area (Å²) in [6.45, 7) is 5.79. The fraction of sp³-hybridized carbons (Fsp3) is 0.500. The molecule has 0 bridgehead atoms. The second kappa shape index (κ2) is 7.01. The molecule has 1 aromatic rings. The van der Waals surface area contributed by atoms with E-state index in [1.807, 2.05) is 24.3 Å². The third-order valence-corrected chi connectivity index (χ3v) is 3.16. The quantitative estimate of drug-likeness (QED) is 0.575. The van der Waals surface area contributed by atoms with E-state index < -0.39 is 0 Å². The zero-order chi connectivity index (χ0) is 13.5. The highest BCUT2D eigenvalue weighted by atomic mass is 16.5. The Kier molecular flexibility index (Phi) is 5.65. The first-order valence-electron chi connectivity index (χ1n) is 6.30. The van der Waals surface area contributed by atoms with Crippen LogP contribution in [0.15, 0.2) is 24.3 Å². The van der Waals surface area contributed by atoms with E-state index in [9.17, 15) is 0 Å². The van der Waals surface area contributed by atoms with Crippen LogP contribution in [0.5, 0.6) is 0 Å². The molecular weight excluding hydrogens is 226 g/mol. The first-order chi connectivity index (χ1) is 8.61. The van der Waals surface area contributed by atoms with Crippen molar-refractivity contribution in [3.8, 4) is 0 Å². The molecule has 3 N–H and O–H groups in total. The van der Waals surface area contributed by atoms with Gasteiger partial charge in [0.25, 0.3) is 0 Å². The Balaban J connectivity index is 3.07. The molecule has 0 amide bonds. The lowest BCUT2D eigenvalue weighted by Gasteiger charge is -2.32. The third-order valence-electron chi connectivity index (χ3n) is 3.16. The number of hydrogen-bond donors (Lipinski definition) is 2. The molecule has 1 rings (SSSR count). The molecule has 0 spiro atoms. The minimum Gasteiger partial charge on any atom is -0.384 e. The molecule has 1 atom stereocenters. The highest BCUT2D eigenvalue weighted by Crippen LogP contribution is 2.23. The van der Waals surface area contributed by atoms with Crippen LogP contribution in [0.4, 0.5) is 5.69 Å². The van der Waals surface area contributed by atoms with Crippen LogP contribution in [0.3, 0.4) is 0 Å².